The van der Waals surface area contributed by atoms with Crippen LogP contribution in [-0.2, 0) is 11.3 Å². The van der Waals surface area contributed by atoms with Crippen LogP contribution in [0.1, 0.15) is 47.8 Å². The Bertz CT molecular complexity index is 1370. The van der Waals surface area contributed by atoms with Crippen molar-refractivity contribution in [1.29, 1.82) is 0 Å². The van der Waals surface area contributed by atoms with Gasteiger partial charge in [0.2, 0.25) is 0 Å². The molecule has 186 valence electrons. The maximum absolute atomic E-state index is 12.5. The Hall–Kier alpha value is -4.71. The zero-order valence-electron chi connectivity index (χ0n) is 20.6. The second-order valence-corrected chi connectivity index (χ2v) is 8.58. The number of hydrogen-bond acceptors (Lipinski definition) is 6. The minimum atomic E-state index is -0.594. The number of carbonyl (C=O) groups excluding carboxylic acids is 3. The van der Waals surface area contributed by atoms with Crippen molar-refractivity contribution in [3.8, 4) is 11.5 Å². The van der Waals surface area contributed by atoms with Crippen LogP contribution in [0.5, 0.6) is 11.5 Å². The van der Waals surface area contributed by atoms with Crippen molar-refractivity contribution in [2.24, 2.45) is 0 Å². The minimum absolute atomic E-state index is 0.311. The van der Waals surface area contributed by atoms with Gasteiger partial charge in [-0.2, -0.15) is 0 Å². The van der Waals surface area contributed by atoms with E-state index >= 15 is 0 Å². The largest absolute Gasteiger partial charge is 0.489 e. The van der Waals surface area contributed by atoms with E-state index in [-0.39, 0.29) is 5.78 Å². The minimum Gasteiger partial charge on any atom is -0.489 e. The summed E-state index contributed by atoms with van der Waals surface area (Å²) in [5.41, 5.74) is 4.21. The highest BCUT2D eigenvalue weighted by molar-refractivity contribution is 5.99. The molecule has 0 saturated heterocycles. The van der Waals surface area contributed by atoms with Crippen molar-refractivity contribution >= 4 is 17.7 Å². The Balaban J connectivity index is 1.25. The number of benzene rings is 4. The van der Waals surface area contributed by atoms with Crippen molar-refractivity contribution < 1.29 is 28.6 Å². The van der Waals surface area contributed by atoms with E-state index in [1.165, 1.54) is 24.3 Å². The van der Waals surface area contributed by atoms with Crippen LogP contribution in [0.2, 0.25) is 0 Å². The van der Waals surface area contributed by atoms with Crippen LogP contribution in [0.3, 0.4) is 0 Å². The first-order valence-corrected chi connectivity index (χ1v) is 11.7. The molecule has 0 aliphatic carbocycles. The molecule has 0 aliphatic rings. The van der Waals surface area contributed by atoms with Crippen molar-refractivity contribution in [3.05, 3.63) is 130 Å². The lowest BCUT2D eigenvalue weighted by Gasteiger charge is -2.08. The fourth-order valence-electron chi connectivity index (χ4n) is 3.40. The lowest BCUT2D eigenvalue weighted by Crippen LogP contribution is -2.14. The summed E-state index contributed by atoms with van der Waals surface area (Å²) in [6.07, 6.45) is 0. The average molecular weight is 495 g/mol. The van der Waals surface area contributed by atoms with Crippen LogP contribution in [-0.4, -0.2) is 24.3 Å². The molecule has 0 N–H and O–H groups in total. The molecule has 0 bridgehead atoms. The molecule has 37 heavy (non-hydrogen) atoms. The molecule has 6 nitrogen and oxygen atoms in total. The molecule has 0 heterocycles. The monoisotopic (exact) mass is 494 g/mol. The van der Waals surface area contributed by atoms with Crippen LogP contribution in [0.25, 0.3) is 0 Å². The third kappa shape index (κ3) is 7.15. The number of esters is 2. The van der Waals surface area contributed by atoms with E-state index in [2.05, 4.69) is 0 Å². The molecule has 4 rings (SSSR count). The maximum Gasteiger partial charge on any atom is 0.343 e. The molecule has 0 amide bonds. The Labute approximate surface area is 215 Å². The topological polar surface area (TPSA) is 78.9 Å². The van der Waals surface area contributed by atoms with Gasteiger partial charge in [-0.25, -0.2) is 9.59 Å². The average Bonchev–Trinajstić information content (AvgIpc) is 2.92. The van der Waals surface area contributed by atoms with E-state index in [1.807, 2.05) is 50.2 Å². The number of rotatable bonds is 9. The third-order valence-electron chi connectivity index (χ3n) is 5.62. The Kier molecular flexibility index (Phi) is 8.11. The van der Waals surface area contributed by atoms with E-state index in [4.69, 9.17) is 14.2 Å². The zero-order valence-corrected chi connectivity index (χ0v) is 20.6. The highest BCUT2D eigenvalue weighted by Gasteiger charge is 2.13. The molecular weight excluding hydrogens is 468 g/mol. The predicted molar refractivity (Wildman–Crippen MR) is 139 cm³/mol. The Morgan fingerprint density at radius 3 is 1.68 bits per heavy atom. The molecule has 0 atom stereocenters. The summed E-state index contributed by atoms with van der Waals surface area (Å²) in [4.78, 5) is 37.1. The second kappa shape index (κ2) is 11.8. The van der Waals surface area contributed by atoms with Gasteiger partial charge in [0.05, 0.1) is 11.1 Å². The van der Waals surface area contributed by atoms with Crippen LogP contribution >= 0.6 is 0 Å². The van der Waals surface area contributed by atoms with Gasteiger partial charge in [0.15, 0.2) is 12.4 Å². The number of carbonyl (C=O) groups is 3. The van der Waals surface area contributed by atoms with E-state index in [1.54, 1.807) is 36.4 Å². The highest BCUT2D eigenvalue weighted by Crippen LogP contribution is 2.17. The number of Topliss-reactive ketones (excluding diaryl/α,β-unsaturated/α-hetero) is 1. The number of ketones is 1. The van der Waals surface area contributed by atoms with E-state index in [0.29, 0.717) is 29.0 Å². The SMILES string of the molecule is Cc1ccc(OCc2ccc(C(=O)OCC(=O)c3ccc(OC(=O)c4ccc(C)cc4)cc3)cc2)cc1. The summed E-state index contributed by atoms with van der Waals surface area (Å²) >= 11 is 0. The molecule has 0 fully saturated rings. The summed E-state index contributed by atoms with van der Waals surface area (Å²) in [6.45, 7) is 3.91. The van der Waals surface area contributed by atoms with Crippen molar-refractivity contribution in [2.75, 3.05) is 6.61 Å². The molecule has 4 aromatic rings. The fraction of sp³-hybridized carbons (Fsp3) is 0.129. The van der Waals surface area contributed by atoms with Gasteiger partial charge in [-0.05, 0) is 80.1 Å². The van der Waals surface area contributed by atoms with Crippen LogP contribution in [0.4, 0.5) is 0 Å². The van der Waals surface area contributed by atoms with Gasteiger partial charge in [0, 0.05) is 5.56 Å². The first-order valence-electron chi connectivity index (χ1n) is 11.7. The first kappa shape index (κ1) is 25.4. The van der Waals surface area contributed by atoms with Crippen LogP contribution in [0.15, 0.2) is 97.1 Å². The number of ether oxygens (including phenoxy) is 3. The molecule has 0 unspecified atom stereocenters. The smallest absolute Gasteiger partial charge is 0.343 e. The van der Waals surface area contributed by atoms with Gasteiger partial charge < -0.3 is 14.2 Å². The van der Waals surface area contributed by atoms with Crippen molar-refractivity contribution in [3.63, 3.8) is 0 Å². The van der Waals surface area contributed by atoms with Crippen LogP contribution in [0, 0.1) is 13.8 Å². The summed E-state index contributed by atoms with van der Waals surface area (Å²) in [6, 6.07) is 27.7. The fourth-order valence-corrected chi connectivity index (χ4v) is 3.40. The molecule has 0 aromatic heterocycles. The lowest BCUT2D eigenvalue weighted by molar-refractivity contribution is 0.0474. The zero-order chi connectivity index (χ0) is 26.2. The predicted octanol–water partition coefficient (Wildman–Crippen LogP) is 6.14. The molecule has 4 aromatic carbocycles. The summed E-state index contributed by atoms with van der Waals surface area (Å²) in [5.74, 6) is -0.368. The normalized spacial score (nSPS) is 10.4. The summed E-state index contributed by atoms with van der Waals surface area (Å²) in [5, 5.41) is 0. The van der Waals surface area contributed by atoms with Crippen molar-refractivity contribution in [1.82, 2.24) is 0 Å². The standard InChI is InChI=1S/C31H26O6/c1-21-3-9-26(10-4-21)31(34)37-28-17-13-24(14-18-28)29(32)20-36-30(33)25-11-7-23(8-12-25)19-35-27-15-5-22(2)6-16-27/h3-18H,19-20H2,1-2H3. The van der Waals surface area contributed by atoms with Gasteiger partial charge in [0.25, 0.3) is 0 Å². The van der Waals surface area contributed by atoms with Crippen molar-refractivity contribution in [2.45, 2.75) is 20.5 Å². The molecule has 0 aliphatic heterocycles. The maximum atomic E-state index is 12.5. The summed E-state index contributed by atoms with van der Waals surface area (Å²) < 4.78 is 16.3. The molecular formula is C31H26O6. The van der Waals surface area contributed by atoms with Gasteiger partial charge in [-0.15, -0.1) is 0 Å². The van der Waals surface area contributed by atoms with Gasteiger partial charge in [-0.1, -0.05) is 47.5 Å². The quantitative estimate of drug-likeness (QED) is 0.158. The lowest BCUT2D eigenvalue weighted by atomic mass is 10.1. The van der Waals surface area contributed by atoms with Gasteiger partial charge >= 0.3 is 11.9 Å². The number of aryl methyl sites for hydroxylation is 2. The van der Waals surface area contributed by atoms with Gasteiger partial charge in [0.1, 0.15) is 18.1 Å². The molecule has 0 spiro atoms. The Morgan fingerprint density at radius 1 is 0.568 bits per heavy atom. The first-order chi connectivity index (χ1) is 17.9. The molecule has 0 saturated carbocycles. The second-order valence-electron chi connectivity index (χ2n) is 8.58. The Morgan fingerprint density at radius 2 is 1.05 bits per heavy atom. The third-order valence-corrected chi connectivity index (χ3v) is 5.62. The highest BCUT2D eigenvalue weighted by atomic mass is 16.5. The van der Waals surface area contributed by atoms with Crippen LogP contribution < -0.4 is 9.47 Å². The molecule has 0 radical (unpaired) electrons. The summed E-state index contributed by atoms with van der Waals surface area (Å²) in [7, 11) is 0. The molecule has 6 heteroatoms. The van der Waals surface area contributed by atoms with E-state index in [9.17, 15) is 14.4 Å². The van der Waals surface area contributed by atoms with Gasteiger partial charge in [-0.3, -0.25) is 4.79 Å². The number of hydrogen-bond donors (Lipinski definition) is 0. The van der Waals surface area contributed by atoms with E-state index in [0.717, 1.165) is 22.4 Å². The van der Waals surface area contributed by atoms with E-state index < -0.39 is 18.5 Å².